The Hall–Kier alpha value is -1.60. The molecule has 0 unspecified atom stereocenters. The Kier molecular flexibility index (Phi) is 7.78. The third-order valence-electron chi connectivity index (χ3n) is 2.41. The molecule has 0 radical (unpaired) electrons. The molecule has 0 atom stereocenters. The van der Waals surface area contributed by atoms with Crippen molar-refractivity contribution in [2.45, 2.75) is 12.7 Å². The van der Waals surface area contributed by atoms with Gasteiger partial charge in [0.05, 0.1) is 11.6 Å². The van der Waals surface area contributed by atoms with E-state index in [-0.39, 0.29) is 5.96 Å². The van der Waals surface area contributed by atoms with Crippen LogP contribution >= 0.6 is 23.4 Å². The summed E-state index contributed by atoms with van der Waals surface area (Å²) in [6.45, 7) is 3.25. The van der Waals surface area contributed by atoms with Crippen LogP contribution in [0.4, 0.5) is 0 Å². The molecule has 21 heavy (non-hydrogen) atoms. The molecule has 0 bridgehead atoms. The molecule has 0 fully saturated rings. The third kappa shape index (κ3) is 7.10. The van der Waals surface area contributed by atoms with E-state index in [9.17, 15) is 0 Å². The summed E-state index contributed by atoms with van der Waals surface area (Å²) >= 11 is 7.90. The smallest absolute Gasteiger partial charge is 0.492 e. The van der Waals surface area contributed by atoms with E-state index in [0.29, 0.717) is 24.1 Å². The summed E-state index contributed by atoms with van der Waals surface area (Å²) < 4.78 is 5.40. The summed E-state index contributed by atoms with van der Waals surface area (Å²) in [5.41, 5.74) is 17.3. The van der Waals surface area contributed by atoms with Crippen molar-refractivity contribution in [1.82, 2.24) is 0 Å². The van der Waals surface area contributed by atoms with Gasteiger partial charge >= 0.3 is 5.96 Å². The molecule has 0 spiro atoms. The first-order valence-corrected chi connectivity index (χ1v) is 8.06. The lowest BCUT2D eigenvalue weighted by atomic mass is 10.2. The largest absolute Gasteiger partial charge is 0.517 e. The van der Waals surface area contributed by atoms with E-state index in [1.807, 2.05) is 25.1 Å². The van der Waals surface area contributed by atoms with Crippen LogP contribution < -0.4 is 31.9 Å². The molecule has 0 heterocycles. The first-order valence-electron chi connectivity index (χ1n) is 6.53. The fraction of sp³-hybridized carbons (Fsp3) is 0.385. The molecular formula is C13H22ClN5OS+2. The number of benzene rings is 1. The third-order valence-corrected chi connectivity index (χ3v) is 3.73. The van der Waals surface area contributed by atoms with Gasteiger partial charge in [0, 0.05) is 11.5 Å². The molecule has 0 saturated heterocycles. The molecule has 0 saturated carbocycles. The zero-order chi connectivity index (χ0) is 15.7. The maximum Gasteiger partial charge on any atom is 0.517 e. The van der Waals surface area contributed by atoms with Crippen molar-refractivity contribution in [3.63, 3.8) is 0 Å². The summed E-state index contributed by atoms with van der Waals surface area (Å²) in [7, 11) is 0. The van der Waals surface area contributed by atoms with Gasteiger partial charge in [-0.05, 0) is 24.6 Å². The van der Waals surface area contributed by atoms with E-state index in [2.05, 4.69) is 9.98 Å². The maximum atomic E-state index is 6.14. The Labute approximate surface area is 133 Å². The van der Waals surface area contributed by atoms with Gasteiger partial charge in [0.2, 0.25) is 0 Å². The van der Waals surface area contributed by atoms with Gasteiger partial charge in [-0.3, -0.25) is 0 Å². The molecule has 0 aliphatic carbocycles. The van der Waals surface area contributed by atoms with Gasteiger partial charge in [-0.2, -0.15) is 16.8 Å². The van der Waals surface area contributed by atoms with E-state index in [4.69, 9.17) is 33.5 Å². The van der Waals surface area contributed by atoms with Gasteiger partial charge in [-0.25, -0.2) is 5.73 Å². The molecule has 0 amide bonds. The summed E-state index contributed by atoms with van der Waals surface area (Å²) in [6.07, 6.45) is 0. The zero-order valence-electron chi connectivity index (χ0n) is 12.0. The number of rotatable bonds is 7. The Balaban J connectivity index is 2.36. The quantitative estimate of drug-likeness (QED) is 0.219. The van der Waals surface area contributed by atoms with E-state index >= 15 is 0 Å². The van der Waals surface area contributed by atoms with Crippen molar-refractivity contribution in [1.29, 1.82) is 0 Å². The van der Waals surface area contributed by atoms with Gasteiger partial charge in [-0.1, -0.05) is 17.7 Å². The lowest BCUT2D eigenvalue weighted by molar-refractivity contribution is -0.519. The Morgan fingerprint density at radius 1 is 1.33 bits per heavy atom. The summed E-state index contributed by atoms with van der Waals surface area (Å²) in [6, 6.07) is 5.85. The monoisotopic (exact) mass is 331 g/mol. The second kappa shape index (κ2) is 9.36. The van der Waals surface area contributed by atoms with Crippen LogP contribution in [0.15, 0.2) is 18.2 Å². The van der Waals surface area contributed by atoms with Crippen molar-refractivity contribution in [2.75, 3.05) is 18.9 Å². The summed E-state index contributed by atoms with van der Waals surface area (Å²) in [5, 5.41) is 0.642. The van der Waals surface area contributed by atoms with Crippen LogP contribution in [0.25, 0.3) is 0 Å². The maximum absolute atomic E-state index is 6.14. The highest BCUT2D eigenvalue weighted by molar-refractivity contribution is 7.98. The molecule has 1 rings (SSSR count). The Bertz CT molecular complexity index is 517. The standard InChI is InChI=1S/C13H20ClN5OS/c1-2-20-11-4-3-9(7-10(11)14)8-21-6-5-18-13(17)19-12(15)16/h3-4,7H,2,5-6,8H2,1H3,(H6,15,16,17,18,19)/p+2. The lowest BCUT2D eigenvalue weighted by Crippen LogP contribution is -2.98. The van der Waals surface area contributed by atoms with Crippen molar-refractivity contribution >= 4 is 35.3 Å². The average Bonchev–Trinajstić information content (AvgIpc) is 2.40. The van der Waals surface area contributed by atoms with Gasteiger partial charge in [0.1, 0.15) is 12.3 Å². The van der Waals surface area contributed by atoms with E-state index in [0.717, 1.165) is 22.8 Å². The van der Waals surface area contributed by atoms with Gasteiger partial charge in [0.25, 0.3) is 5.96 Å². The Morgan fingerprint density at radius 2 is 2.10 bits per heavy atom. The first-order chi connectivity index (χ1) is 10.0. The van der Waals surface area contributed by atoms with Crippen molar-refractivity contribution in [3.8, 4) is 5.75 Å². The molecule has 116 valence electrons. The normalized spacial score (nSPS) is 11.2. The minimum atomic E-state index is 0.0664. The van der Waals surface area contributed by atoms with Gasteiger partial charge in [-0.15, -0.1) is 4.99 Å². The minimum Gasteiger partial charge on any atom is -0.492 e. The highest BCUT2D eigenvalue weighted by atomic mass is 35.5. The first kappa shape index (κ1) is 17.5. The van der Waals surface area contributed by atoms with Gasteiger partial charge in [0.15, 0.2) is 0 Å². The molecular weight excluding hydrogens is 310 g/mol. The number of hydrogen-bond donors (Lipinski definition) is 5. The number of ether oxygens (including phenoxy) is 1. The number of nitrogens with two attached hydrogens (primary N) is 3. The second-order valence-electron chi connectivity index (χ2n) is 4.17. The highest BCUT2D eigenvalue weighted by Crippen LogP contribution is 2.26. The highest BCUT2D eigenvalue weighted by Gasteiger charge is 2.04. The lowest BCUT2D eigenvalue weighted by Gasteiger charge is -2.07. The number of hydrogen-bond acceptors (Lipinski definition) is 2. The van der Waals surface area contributed by atoms with Crippen molar-refractivity contribution in [2.24, 2.45) is 17.2 Å². The Morgan fingerprint density at radius 3 is 2.71 bits per heavy atom. The number of thioether (sulfide) groups is 1. The molecule has 1 aromatic rings. The predicted molar refractivity (Wildman–Crippen MR) is 88.2 cm³/mol. The van der Waals surface area contributed by atoms with Crippen molar-refractivity contribution < 1.29 is 14.7 Å². The van der Waals surface area contributed by atoms with E-state index in [1.165, 1.54) is 0 Å². The molecule has 0 aliphatic rings. The zero-order valence-corrected chi connectivity index (χ0v) is 13.6. The summed E-state index contributed by atoms with van der Waals surface area (Å²) in [5.74, 6) is 2.89. The van der Waals surface area contributed by atoms with Crippen LogP contribution in [-0.2, 0) is 5.75 Å². The van der Waals surface area contributed by atoms with Crippen LogP contribution in [-0.4, -0.2) is 30.8 Å². The molecule has 0 aromatic heterocycles. The number of halogens is 1. The van der Waals surface area contributed by atoms with Crippen molar-refractivity contribution in [3.05, 3.63) is 28.8 Å². The fourth-order valence-electron chi connectivity index (χ4n) is 1.55. The topological polar surface area (TPSA) is 115 Å². The molecule has 1 aromatic carbocycles. The van der Waals surface area contributed by atoms with Crippen LogP contribution in [0.3, 0.4) is 0 Å². The molecule has 8 heteroatoms. The van der Waals surface area contributed by atoms with E-state index in [1.54, 1.807) is 11.8 Å². The minimum absolute atomic E-state index is 0.0664. The van der Waals surface area contributed by atoms with Crippen LogP contribution in [0, 0.1) is 0 Å². The number of guanidine groups is 2. The SMILES string of the molecule is CCOc1ccc(CSCC[NH+]=C(N)[NH+]=C(N)N)cc1Cl. The van der Waals surface area contributed by atoms with E-state index < -0.39 is 0 Å². The molecule has 0 aliphatic heterocycles. The molecule has 8 N–H and O–H groups in total. The fourth-order valence-corrected chi connectivity index (χ4v) is 2.62. The summed E-state index contributed by atoms with van der Waals surface area (Å²) in [4.78, 5) is 5.56. The van der Waals surface area contributed by atoms with Crippen LogP contribution in [0.5, 0.6) is 5.75 Å². The van der Waals surface area contributed by atoms with Crippen LogP contribution in [0.1, 0.15) is 12.5 Å². The molecule has 6 nitrogen and oxygen atoms in total. The van der Waals surface area contributed by atoms with Gasteiger partial charge < -0.3 is 16.2 Å². The predicted octanol–water partition coefficient (Wildman–Crippen LogP) is -2.28. The second-order valence-corrected chi connectivity index (χ2v) is 5.68. The number of nitrogens with one attached hydrogen (secondary N) is 2. The average molecular weight is 332 g/mol. The van der Waals surface area contributed by atoms with Crippen LogP contribution in [0.2, 0.25) is 5.02 Å².